The number of hydrogen-bond donors (Lipinski definition) is 1. The second-order valence-electron chi connectivity index (χ2n) is 6.59. The van der Waals surface area contributed by atoms with Gasteiger partial charge in [0.15, 0.2) is 5.65 Å². The van der Waals surface area contributed by atoms with Gasteiger partial charge in [-0.25, -0.2) is 9.50 Å². The summed E-state index contributed by atoms with van der Waals surface area (Å²) < 4.78 is 32.4. The van der Waals surface area contributed by atoms with E-state index in [2.05, 4.69) is 25.2 Å². The number of carbonyl (C=O) groups is 1. The number of benzene rings is 1. The second kappa shape index (κ2) is 8.31. The van der Waals surface area contributed by atoms with Gasteiger partial charge in [-0.05, 0) is 38.1 Å². The third-order valence-electron chi connectivity index (χ3n) is 4.60. The fraction of sp³-hybridized carbons (Fsp3) is 0.200. The molecule has 3 aromatic heterocycles. The maximum Gasteiger partial charge on any atom is 0.387 e. The van der Waals surface area contributed by atoms with Crippen LogP contribution in [0.1, 0.15) is 23.0 Å². The van der Waals surface area contributed by atoms with Crippen LogP contribution in [0.25, 0.3) is 16.9 Å². The predicted octanol–water partition coefficient (Wildman–Crippen LogP) is 4.43. The summed E-state index contributed by atoms with van der Waals surface area (Å²) in [5, 5.41) is 11.4. The number of aryl methyl sites for hydroxylation is 2. The number of rotatable bonds is 6. The molecule has 0 aliphatic heterocycles. The summed E-state index contributed by atoms with van der Waals surface area (Å²) in [7, 11) is 0. The highest BCUT2D eigenvalue weighted by atomic mass is 35.5. The molecule has 0 radical (unpaired) electrons. The number of hydrogen-bond acceptors (Lipinski definition) is 5. The first-order valence-corrected chi connectivity index (χ1v) is 9.68. The molecule has 4 aromatic rings. The molecule has 0 bridgehead atoms. The Labute approximate surface area is 180 Å². The quantitative estimate of drug-likeness (QED) is 0.473. The van der Waals surface area contributed by atoms with Crippen molar-refractivity contribution in [3.05, 3.63) is 59.1 Å². The Hall–Kier alpha value is -3.53. The number of amides is 1. The summed E-state index contributed by atoms with van der Waals surface area (Å²) in [5.41, 5.74) is 3.38. The first kappa shape index (κ1) is 20.7. The predicted molar refractivity (Wildman–Crippen MR) is 111 cm³/mol. The molecule has 4 rings (SSSR count). The lowest BCUT2D eigenvalue weighted by Gasteiger charge is -2.09. The first-order valence-electron chi connectivity index (χ1n) is 9.30. The van der Waals surface area contributed by atoms with Crippen molar-refractivity contribution in [3.63, 3.8) is 0 Å². The van der Waals surface area contributed by atoms with Crippen LogP contribution in [0.5, 0.6) is 5.75 Å². The molecule has 31 heavy (non-hydrogen) atoms. The van der Waals surface area contributed by atoms with E-state index in [0.29, 0.717) is 11.3 Å². The van der Waals surface area contributed by atoms with Gasteiger partial charge in [0.2, 0.25) is 0 Å². The monoisotopic (exact) mass is 446 g/mol. The number of nitrogens with zero attached hydrogens (tertiary/aromatic N) is 5. The number of halogens is 3. The van der Waals surface area contributed by atoms with Crippen molar-refractivity contribution in [1.82, 2.24) is 24.4 Å². The van der Waals surface area contributed by atoms with Crippen molar-refractivity contribution in [2.75, 3.05) is 5.32 Å². The second-order valence-corrected chi connectivity index (χ2v) is 6.99. The van der Waals surface area contributed by atoms with E-state index >= 15 is 0 Å². The topological polar surface area (TPSA) is 86.3 Å². The smallest absolute Gasteiger partial charge is 0.387 e. The van der Waals surface area contributed by atoms with E-state index in [0.717, 1.165) is 23.5 Å². The molecule has 0 saturated heterocycles. The molecular formula is C20H17ClF2N6O2. The van der Waals surface area contributed by atoms with Gasteiger partial charge in [-0.1, -0.05) is 11.6 Å². The molecule has 11 heteroatoms. The Morgan fingerprint density at radius 2 is 2.13 bits per heavy atom. The lowest BCUT2D eigenvalue weighted by Crippen LogP contribution is -2.12. The van der Waals surface area contributed by atoms with Gasteiger partial charge in [0, 0.05) is 30.2 Å². The number of fused-ring (bicyclic) bond motifs is 1. The van der Waals surface area contributed by atoms with Crippen molar-refractivity contribution < 1.29 is 18.3 Å². The highest BCUT2D eigenvalue weighted by Gasteiger charge is 2.19. The highest BCUT2D eigenvalue weighted by Crippen LogP contribution is 2.29. The van der Waals surface area contributed by atoms with E-state index in [9.17, 15) is 13.6 Å². The summed E-state index contributed by atoms with van der Waals surface area (Å²) in [6, 6.07) is 5.79. The van der Waals surface area contributed by atoms with E-state index < -0.39 is 12.5 Å². The molecule has 0 unspecified atom stereocenters. The van der Waals surface area contributed by atoms with Gasteiger partial charge in [0.1, 0.15) is 11.3 Å². The molecule has 3 heterocycles. The molecule has 0 saturated carbocycles. The summed E-state index contributed by atoms with van der Waals surface area (Å²) in [6.45, 7) is 1.62. The summed E-state index contributed by atoms with van der Waals surface area (Å²) in [4.78, 5) is 17.1. The molecule has 160 valence electrons. The van der Waals surface area contributed by atoms with Crippen LogP contribution in [0.4, 0.5) is 14.5 Å². The molecular weight excluding hydrogens is 430 g/mol. The first-order chi connectivity index (χ1) is 14.9. The van der Waals surface area contributed by atoms with Gasteiger partial charge in [-0.15, -0.1) is 0 Å². The van der Waals surface area contributed by atoms with Crippen molar-refractivity contribution in [2.45, 2.75) is 27.0 Å². The zero-order valence-corrected chi connectivity index (χ0v) is 17.3. The minimum Gasteiger partial charge on any atom is -0.433 e. The minimum absolute atomic E-state index is 0.0539. The average molecular weight is 447 g/mol. The van der Waals surface area contributed by atoms with Gasteiger partial charge < -0.3 is 10.1 Å². The Balaban J connectivity index is 1.64. The van der Waals surface area contributed by atoms with Crippen LogP contribution in [-0.4, -0.2) is 36.9 Å². The molecule has 0 fully saturated rings. The Morgan fingerprint density at radius 3 is 2.81 bits per heavy atom. The van der Waals surface area contributed by atoms with Crippen molar-refractivity contribution in [3.8, 4) is 17.0 Å². The summed E-state index contributed by atoms with van der Waals surface area (Å²) in [6.07, 6.45) is 4.92. The molecule has 8 nitrogen and oxygen atoms in total. The fourth-order valence-electron chi connectivity index (χ4n) is 3.16. The maximum absolute atomic E-state index is 12.8. The number of nitrogens with one attached hydrogen (secondary N) is 1. The highest BCUT2D eigenvalue weighted by molar-refractivity contribution is 6.32. The molecule has 1 amide bonds. The lowest BCUT2D eigenvalue weighted by molar-refractivity contribution is -0.0497. The molecule has 1 N–H and O–H groups in total. The Bertz CT molecular complexity index is 1270. The Morgan fingerprint density at radius 1 is 1.32 bits per heavy atom. The fourth-order valence-corrected chi connectivity index (χ4v) is 3.38. The molecule has 0 aliphatic rings. The normalized spacial score (nSPS) is 11.3. The van der Waals surface area contributed by atoms with Crippen LogP contribution in [0, 0.1) is 6.92 Å². The number of ether oxygens (including phenoxy) is 1. The van der Waals surface area contributed by atoms with Gasteiger partial charge in [-0.2, -0.15) is 19.0 Å². The van der Waals surface area contributed by atoms with E-state index in [-0.39, 0.29) is 16.3 Å². The van der Waals surface area contributed by atoms with Gasteiger partial charge in [0.05, 0.1) is 22.6 Å². The van der Waals surface area contributed by atoms with Crippen LogP contribution >= 0.6 is 11.6 Å². The summed E-state index contributed by atoms with van der Waals surface area (Å²) >= 11 is 5.95. The van der Waals surface area contributed by atoms with Crippen LogP contribution in [-0.2, 0) is 6.54 Å². The largest absolute Gasteiger partial charge is 0.433 e. The average Bonchev–Trinajstić information content (AvgIpc) is 3.33. The van der Waals surface area contributed by atoms with E-state index in [1.54, 1.807) is 16.8 Å². The van der Waals surface area contributed by atoms with Gasteiger partial charge in [-0.3, -0.25) is 9.48 Å². The lowest BCUT2D eigenvalue weighted by atomic mass is 10.2. The van der Waals surface area contributed by atoms with E-state index in [1.165, 1.54) is 24.4 Å². The third-order valence-corrected chi connectivity index (χ3v) is 4.89. The molecule has 1 aromatic carbocycles. The molecule has 0 atom stereocenters. The number of anilines is 1. The molecule has 0 spiro atoms. The van der Waals surface area contributed by atoms with E-state index in [4.69, 9.17) is 11.6 Å². The minimum atomic E-state index is -3.00. The van der Waals surface area contributed by atoms with Crippen LogP contribution in [0.3, 0.4) is 0 Å². The van der Waals surface area contributed by atoms with Crippen molar-refractivity contribution in [1.29, 1.82) is 0 Å². The SMILES string of the molecule is CCn1cc(-c2ccnc3c(C(=O)Nc4ccc(OC(F)F)c(Cl)c4)cnn23)c(C)n1. The van der Waals surface area contributed by atoms with Crippen molar-refractivity contribution in [2.24, 2.45) is 0 Å². The zero-order valence-electron chi connectivity index (χ0n) is 16.5. The zero-order chi connectivity index (χ0) is 22.1. The Kier molecular flexibility index (Phi) is 5.55. The number of carbonyl (C=O) groups excluding carboxylic acids is 1. The summed E-state index contributed by atoms with van der Waals surface area (Å²) in [5.74, 6) is -0.654. The standard InChI is InChI=1S/C20H17ClF2N6O2/c1-3-28-10-14(11(2)27-28)16-6-7-24-18-13(9-25-29(16)18)19(30)26-12-4-5-17(15(21)8-12)31-20(22)23/h4-10,20H,3H2,1-2H3,(H,26,30). The van der Waals surface area contributed by atoms with Gasteiger partial charge in [0.25, 0.3) is 5.91 Å². The number of aromatic nitrogens is 5. The van der Waals surface area contributed by atoms with Crippen LogP contribution < -0.4 is 10.1 Å². The number of alkyl halides is 2. The van der Waals surface area contributed by atoms with Crippen molar-refractivity contribution >= 4 is 28.8 Å². The van der Waals surface area contributed by atoms with Crippen LogP contribution in [0.2, 0.25) is 5.02 Å². The third kappa shape index (κ3) is 4.06. The maximum atomic E-state index is 12.8. The van der Waals surface area contributed by atoms with E-state index in [1.807, 2.05) is 24.7 Å². The van der Waals surface area contributed by atoms with Crippen LogP contribution in [0.15, 0.2) is 42.9 Å². The molecule has 0 aliphatic carbocycles. The van der Waals surface area contributed by atoms with Gasteiger partial charge >= 0.3 is 6.61 Å².